The first-order valence-corrected chi connectivity index (χ1v) is 25.3. The summed E-state index contributed by atoms with van der Waals surface area (Å²) in [7, 11) is 0. The van der Waals surface area contributed by atoms with Crippen LogP contribution in [0, 0.1) is 0 Å². The largest absolute Gasteiger partial charge is 0.344 e. The van der Waals surface area contributed by atoms with Gasteiger partial charge in [-0.05, 0) is 87.5 Å². The molecule has 1 aliphatic rings. The van der Waals surface area contributed by atoms with Crippen LogP contribution in [0.1, 0.15) is 22.9 Å². The first-order chi connectivity index (χ1) is 36.7. The molecule has 0 spiro atoms. The molecule has 5 nitrogen and oxygen atoms in total. The molecule has 348 valence electrons. The fraction of sp³-hybridized carbons (Fsp3) is 0.0145. The van der Waals surface area contributed by atoms with E-state index < -0.39 is 0 Å². The number of aromatic nitrogens is 2. The predicted octanol–water partition coefficient (Wildman–Crippen LogP) is 17.0. The normalized spacial score (nSPS) is 13.5. The highest BCUT2D eigenvalue weighted by molar-refractivity contribution is 6.16. The number of para-hydroxylation sites is 3. The van der Waals surface area contributed by atoms with Gasteiger partial charge in [0.15, 0.2) is 5.84 Å². The van der Waals surface area contributed by atoms with Crippen molar-refractivity contribution in [3.05, 3.63) is 290 Å². The van der Waals surface area contributed by atoms with E-state index in [2.05, 4.69) is 263 Å². The number of nitrogens with zero attached hydrogens (tertiary/aromatic N) is 4. The van der Waals surface area contributed by atoms with E-state index in [0.717, 1.165) is 78.3 Å². The van der Waals surface area contributed by atoms with Crippen molar-refractivity contribution >= 4 is 55.3 Å². The first kappa shape index (κ1) is 43.0. The monoisotopic (exact) mass is 945 g/mol. The van der Waals surface area contributed by atoms with Crippen molar-refractivity contribution in [2.45, 2.75) is 6.17 Å². The van der Waals surface area contributed by atoms with Gasteiger partial charge in [0.05, 0.1) is 27.8 Å². The van der Waals surface area contributed by atoms with Crippen LogP contribution in [0.25, 0.3) is 99.5 Å². The zero-order chi connectivity index (χ0) is 49.0. The summed E-state index contributed by atoms with van der Waals surface area (Å²) in [6.45, 7) is 0. The number of fused-ring (bicyclic) bond motifs is 6. The van der Waals surface area contributed by atoms with Gasteiger partial charge in [-0.1, -0.05) is 224 Å². The number of hydrogen-bond acceptors (Lipinski definition) is 3. The molecule has 1 unspecified atom stereocenters. The quantitative estimate of drug-likeness (QED) is 0.154. The van der Waals surface area contributed by atoms with E-state index in [1.165, 1.54) is 43.7 Å². The number of nitrogens with one attached hydrogen (secondary N) is 1. The summed E-state index contributed by atoms with van der Waals surface area (Å²) in [5.41, 5.74) is 18.8. The van der Waals surface area contributed by atoms with Gasteiger partial charge in [0.2, 0.25) is 0 Å². The van der Waals surface area contributed by atoms with Crippen LogP contribution in [0.3, 0.4) is 0 Å². The highest BCUT2D eigenvalue weighted by Crippen LogP contribution is 2.44. The summed E-state index contributed by atoms with van der Waals surface area (Å²) >= 11 is 0. The molecule has 0 aliphatic carbocycles. The van der Waals surface area contributed by atoms with Gasteiger partial charge in [-0.25, -0.2) is 9.98 Å². The van der Waals surface area contributed by atoms with Crippen molar-refractivity contribution in [3.63, 3.8) is 0 Å². The summed E-state index contributed by atoms with van der Waals surface area (Å²) in [5, 5.41) is 8.65. The van der Waals surface area contributed by atoms with Crippen molar-refractivity contribution in [1.29, 1.82) is 0 Å². The Balaban J connectivity index is 1.05. The molecule has 14 rings (SSSR count). The first-order valence-electron chi connectivity index (χ1n) is 25.3. The Labute approximate surface area is 429 Å². The molecule has 3 heterocycles. The Morgan fingerprint density at radius 2 is 0.716 bits per heavy atom. The minimum absolute atomic E-state index is 0.359. The van der Waals surface area contributed by atoms with Crippen LogP contribution in [-0.2, 0) is 0 Å². The van der Waals surface area contributed by atoms with Gasteiger partial charge >= 0.3 is 0 Å². The molecule has 2 aromatic heterocycles. The molecular weight excluding hydrogens is 899 g/mol. The molecule has 0 saturated carbocycles. The topological polar surface area (TPSA) is 46.6 Å². The Morgan fingerprint density at radius 1 is 0.311 bits per heavy atom. The second-order valence-electron chi connectivity index (χ2n) is 19.0. The summed E-state index contributed by atoms with van der Waals surface area (Å²) in [6, 6.07) is 98.1. The van der Waals surface area contributed by atoms with Crippen LogP contribution >= 0.6 is 0 Å². The molecule has 0 amide bonds. The SMILES string of the molecule is c1ccc(C2=NC(c3ccccc3)NC(c3cc(-c4ccc(-c5ccccc5)cc4)c(-n4c5ccccc5c5cc(-n6c7ccccc7c7ccccc76)ccc54)c(-c4ccc(-c5ccccc5)cc4)c3)=N2)cc1. The van der Waals surface area contributed by atoms with E-state index in [9.17, 15) is 0 Å². The van der Waals surface area contributed by atoms with Crippen LogP contribution in [0.2, 0.25) is 0 Å². The lowest BCUT2D eigenvalue weighted by atomic mass is 9.90. The average molecular weight is 946 g/mol. The van der Waals surface area contributed by atoms with E-state index in [1.807, 2.05) is 24.3 Å². The Morgan fingerprint density at radius 3 is 1.24 bits per heavy atom. The fourth-order valence-electron chi connectivity index (χ4n) is 11.1. The molecule has 1 N–H and O–H groups in total. The summed E-state index contributed by atoms with van der Waals surface area (Å²) in [6.07, 6.45) is -0.359. The van der Waals surface area contributed by atoms with Gasteiger partial charge in [-0.2, -0.15) is 0 Å². The molecule has 0 radical (unpaired) electrons. The Kier molecular flexibility index (Phi) is 10.5. The number of hydrogen-bond donors (Lipinski definition) is 1. The molecule has 1 aliphatic heterocycles. The predicted molar refractivity (Wildman–Crippen MR) is 309 cm³/mol. The maximum absolute atomic E-state index is 5.39. The van der Waals surface area contributed by atoms with Crippen LogP contribution in [-0.4, -0.2) is 20.8 Å². The highest BCUT2D eigenvalue weighted by atomic mass is 15.2. The van der Waals surface area contributed by atoms with E-state index in [0.29, 0.717) is 5.84 Å². The number of rotatable bonds is 9. The molecule has 74 heavy (non-hydrogen) atoms. The van der Waals surface area contributed by atoms with Crippen molar-refractivity contribution in [1.82, 2.24) is 14.5 Å². The van der Waals surface area contributed by atoms with Gasteiger partial charge < -0.3 is 14.5 Å². The molecule has 0 saturated heterocycles. The molecule has 0 fully saturated rings. The van der Waals surface area contributed by atoms with Crippen LogP contribution in [0.5, 0.6) is 0 Å². The minimum atomic E-state index is -0.359. The summed E-state index contributed by atoms with van der Waals surface area (Å²) in [5.74, 6) is 1.43. The van der Waals surface area contributed by atoms with Crippen molar-refractivity contribution in [3.8, 4) is 55.9 Å². The van der Waals surface area contributed by atoms with E-state index in [4.69, 9.17) is 9.98 Å². The van der Waals surface area contributed by atoms with E-state index in [1.54, 1.807) is 0 Å². The standard InChI is InChI=1S/C69H47N5/c1-5-19-46(20-6-1)48-33-37-50(38-34-48)59-43-54(69-71-67(52-23-9-3-10-24-52)70-68(72-69)53-25-11-4-12-26-53)44-60(51-39-35-49(36-40-51)47-21-7-2-8-22-47)66(59)74-64-32-18-15-29-58(64)61-45-55(41-42-65(61)74)73-62-30-16-13-27-56(62)57-28-14-17-31-63(57)73/h1-45,67H,(H,70,71,72). The van der Waals surface area contributed by atoms with E-state index >= 15 is 0 Å². The van der Waals surface area contributed by atoms with E-state index in [-0.39, 0.29) is 6.17 Å². The molecule has 13 aromatic rings. The number of aliphatic imine (C=N–C) groups is 2. The summed E-state index contributed by atoms with van der Waals surface area (Å²) in [4.78, 5) is 10.6. The molecule has 5 heteroatoms. The van der Waals surface area contributed by atoms with Gasteiger partial charge in [-0.3, -0.25) is 0 Å². The molecular formula is C69H47N5. The second kappa shape index (κ2) is 18.1. The number of amidine groups is 2. The maximum atomic E-state index is 5.39. The van der Waals surface area contributed by atoms with Crippen molar-refractivity contribution in [2.75, 3.05) is 0 Å². The van der Waals surface area contributed by atoms with Gasteiger partial charge in [0.25, 0.3) is 0 Å². The highest BCUT2D eigenvalue weighted by Gasteiger charge is 2.26. The fourth-order valence-corrected chi connectivity index (χ4v) is 11.1. The lowest BCUT2D eigenvalue weighted by Gasteiger charge is -2.26. The summed E-state index contributed by atoms with van der Waals surface area (Å²) < 4.78 is 4.92. The molecule has 1 atom stereocenters. The van der Waals surface area contributed by atoms with Crippen LogP contribution < -0.4 is 5.32 Å². The van der Waals surface area contributed by atoms with Crippen LogP contribution in [0.15, 0.2) is 283 Å². The van der Waals surface area contributed by atoms with Gasteiger partial charge in [-0.15, -0.1) is 0 Å². The zero-order valence-electron chi connectivity index (χ0n) is 40.3. The van der Waals surface area contributed by atoms with Crippen molar-refractivity contribution in [2.24, 2.45) is 9.98 Å². The average Bonchev–Trinajstić information content (AvgIpc) is 4.01. The third kappa shape index (κ3) is 7.49. The Hall–Kier alpha value is -9.84. The van der Waals surface area contributed by atoms with Crippen molar-refractivity contribution < 1.29 is 0 Å². The lowest BCUT2D eigenvalue weighted by Crippen LogP contribution is -2.33. The van der Waals surface area contributed by atoms with Crippen LogP contribution in [0.4, 0.5) is 0 Å². The van der Waals surface area contributed by atoms with Gasteiger partial charge in [0.1, 0.15) is 12.0 Å². The minimum Gasteiger partial charge on any atom is -0.344 e. The molecule has 0 bridgehead atoms. The third-order valence-electron chi connectivity index (χ3n) is 14.6. The third-order valence-corrected chi connectivity index (χ3v) is 14.6. The number of benzene rings is 11. The van der Waals surface area contributed by atoms with Gasteiger partial charge in [0, 0.05) is 49.5 Å². The zero-order valence-corrected chi connectivity index (χ0v) is 40.3. The maximum Gasteiger partial charge on any atom is 0.159 e. The lowest BCUT2D eigenvalue weighted by molar-refractivity contribution is 0.674. The second-order valence-corrected chi connectivity index (χ2v) is 19.0. The molecule has 11 aromatic carbocycles. The Bertz CT molecular complexity index is 4130. The smallest absolute Gasteiger partial charge is 0.159 e.